The molecule has 0 unspecified atom stereocenters. The molecule has 92 valence electrons. The Hall–Kier alpha value is -1.61. The van der Waals surface area contributed by atoms with Crippen molar-refractivity contribution in [2.45, 2.75) is 0 Å². The fraction of sp³-hybridized carbons (Fsp3) is 0. The second kappa shape index (κ2) is 5.57. The first-order chi connectivity index (χ1) is 9.35. The van der Waals surface area contributed by atoms with Crippen LogP contribution in [-0.2, 0) is 0 Å². The Morgan fingerprint density at radius 3 is 2.16 bits per heavy atom. The summed E-state index contributed by atoms with van der Waals surface area (Å²) in [7, 11) is 0. The normalized spacial score (nSPS) is 10.5. The molecule has 0 aliphatic carbocycles. The molecule has 0 spiro atoms. The van der Waals surface area contributed by atoms with E-state index >= 15 is 0 Å². The second-order valence-corrected chi connectivity index (χ2v) is 7.37. The van der Waals surface area contributed by atoms with E-state index in [2.05, 4.69) is 73.3 Å². The van der Waals surface area contributed by atoms with Gasteiger partial charge in [-0.2, -0.15) is 0 Å². The van der Waals surface area contributed by atoms with Crippen LogP contribution in [0.5, 0.6) is 0 Å². The first-order valence-corrected chi connectivity index (χ1v) is 8.37. The lowest BCUT2D eigenvalue weighted by molar-refractivity contribution is -0.597. The zero-order chi connectivity index (χ0) is 13.1. The smallest absolute Gasteiger partial charge is 0.0985 e. The summed E-state index contributed by atoms with van der Waals surface area (Å²) in [6.45, 7) is 3.79. The lowest BCUT2D eigenvalue weighted by Gasteiger charge is -1.95. The van der Waals surface area contributed by atoms with Crippen LogP contribution in [0.1, 0.15) is 5.56 Å². The highest BCUT2D eigenvalue weighted by Crippen LogP contribution is 2.11. The molecule has 1 heteroatoms. The number of benzene rings is 3. The van der Waals surface area contributed by atoms with E-state index in [1.807, 2.05) is 6.08 Å². The van der Waals surface area contributed by atoms with Gasteiger partial charge in [-0.25, -0.2) is 0 Å². The molecule has 0 aliphatic heterocycles. The van der Waals surface area contributed by atoms with Crippen LogP contribution in [-0.4, -0.2) is 0 Å². The van der Waals surface area contributed by atoms with Crippen LogP contribution in [0.4, 0.5) is 0 Å². The minimum absolute atomic E-state index is 0.0985. The summed E-state index contributed by atoms with van der Waals surface area (Å²) in [6.07, 6.45) is 1.89. The highest BCUT2D eigenvalue weighted by molar-refractivity contribution is 5.81. The minimum Gasteiger partial charge on any atom is -0.0985 e. The van der Waals surface area contributed by atoms with Gasteiger partial charge in [-0.15, -0.1) is 0 Å². The summed E-state index contributed by atoms with van der Waals surface area (Å²) in [5.41, 5.74) is 1.19. The lowest BCUT2D eigenvalue weighted by atomic mass is 10.1. The molecule has 0 aromatic heterocycles. The van der Waals surface area contributed by atoms with Gasteiger partial charge in [0.1, 0.15) is 0 Å². The predicted octanol–water partition coefficient (Wildman–Crippen LogP) is 1.61. The first kappa shape index (κ1) is 12.4. The molecule has 3 aromatic rings. The molecule has 0 radical (unpaired) electrons. The van der Waals surface area contributed by atoms with Crippen LogP contribution in [0.2, 0.25) is 0 Å². The number of halogens is 1. The number of hydrogen-bond acceptors (Lipinski definition) is 0. The molecule has 0 saturated heterocycles. The molecule has 0 nitrogen and oxygen atoms in total. The average molecular weight is 357 g/mol. The summed E-state index contributed by atoms with van der Waals surface area (Å²) in [4.78, 5) is 0. The largest absolute Gasteiger partial charge is 0.357 e. The Balaban J connectivity index is 1.89. The summed E-state index contributed by atoms with van der Waals surface area (Å²) in [5.74, 6) is 0. The Morgan fingerprint density at radius 1 is 0.737 bits per heavy atom. The van der Waals surface area contributed by atoms with Crippen molar-refractivity contribution in [1.82, 2.24) is 0 Å². The Morgan fingerprint density at radius 2 is 1.42 bits per heavy atom. The quantitative estimate of drug-likeness (QED) is 0.625. The molecule has 0 aliphatic rings. The number of rotatable bonds is 3. The van der Waals surface area contributed by atoms with Crippen molar-refractivity contribution >= 4 is 16.8 Å². The Labute approximate surface area is 124 Å². The van der Waals surface area contributed by atoms with Crippen LogP contribution in [0.15, 0.2) is 73.3 Å². The summed E-state index contributed by atoms with van der Waals surface area (Å²) < 4.78 is 2.91. The van der Waals surface area contributed by atoms with E-state index in [-0.39, 0.29) is 21.2 Å². The molecule has 0 saturated carbocycles. The SMILES string of the molecule is C=Cc1ccc([I+]c2ccc3ccccc3c2)cc1. The van der Waals surface area contributed by atoms with Crippen LogP contribution >= 0.6 is 0 Å². The lowest BCUT2D eigenvalue weighted by Crippen LogP contribution is -3.61. The van der Waals surface area contributed by atoms with Crippen LogP contribution in [0.25, 0.3) is 16.8 Å². The molecule has 0 heterocycles. The molecule has 0 amide bonds. The molecule has 0 N–H and O–H groups in total. The zero-order valence-corrected chi connectivity index (χ0v) is 12.7. The van der Waals surface area contributed by atoms with Gasteiger partial charge >= 0.3 is 21.2 Å². The van der Waals surface area contributed by atoms with E-state index < -0.39 is 0 Å². The van der Waals surface area contributed by atoms with Crippen molar-refractivity contribution in [3.63, 3.8) is 0 Å². The third-order valence-electron chi connectivity index (χ3n) is 3.04. The van der Waals surface area contributed by atoms with Crippen molar-refractivity contribution in [2.75, 3.05) is 0 Å². The standard InChI is InChI=1S/C18H14I/c1-2-14-7-10-17(11-8-14)19-18-12-9-15-5-3-4-6-16(15)13-18/h2-13H,1H2/q+1. The maximum absolute atomic E-state index is 3.79. The summed E-state index contributed by atoms with van der Waals surface area (Å²) in [6, 6.07) is 24.1. The maximum atomic E-state index is 3.79. The first-order valence-electron chi connectivity index (χ1n) is 6.21. The molecular weight excluding hydrogens is 343 g/mol. The van der Waals surface area contributed by atoms with E-state index in [4.69, 9.17) is 0 Å². The van der Waals surface area contributed by atoms with Gasteiger partial charge in [-0.3, -0.25) is 0 Å². The molecule has 0 atom stereocenters. The highest BCUT2D eigenvalue weighted by Gasteiger charge is 2.15. The molecule has 3 aromatic carbocycles. The summed E-state index contributed by atoms with van der Waals surface area (Å²) in [5, 5.41) is 2.65. The fourth-order valence-electron chi connectivity index (χ4n) is 2.01. The van der Waals surface area contributed by atoms with Gasteiger partial charge in [-0.1, -0.05) is 49.1 Å². The Bertz CT molecular complexity index is 711. The zero-order valence-electron chi connectivity index (χ0n) is 10.5. The van der Waals surface area contributed by atoms with Crippen LogP contribution in [0.3, 0.4) is 0 Å². The van der Waals surface area contributed by atoms with Crippen LogP contribution < -0.4 is 21.2 Å². The van der Waals surface area contributed by atoms with Gasteiger partial charge in [0.25, 0.3) is 0 Å². The molecular formula is C18H14I+. The Kier molecular flexibility index (Phi) is 3.65. The van der Waals surface area contributed by atoms with E-state index in [0.29, 0.717) is 0 Å². The minimum atomic E-state index is -0.0985. The second-order valence-electron chi connectivity index (χ2n) is 4.34. The predicted molar refractivity (Wildman–Crippen MR) is 77.9 cm³/mol. The molecule has 3 rings (SSSR count). The van der Waals surface area contributed by atoms with Crippen molar-refractivity contribution in [3.8, 4) is 0 Å². The molecule has 0 bridgehead atoms. The van der Waals surface area contributed by atoms with E-state index in [1.54, 1.807) is 0 Å². The number of fused-ring (bicyclic) bond motifs is 1. The number of hydrogen-bond donors (Lipinski definition) is 0. The summed E-state index contributed by atoms with van der Waals surface area (Å²) >= 11 is -0.0985. The van der Waals surface area contributed by atoms with E-state index in [0.717, 1.165) is 0 Å². The fourth-order valence-corrected chi connectivity index (χ4v) is 4.30. The molecule has 19 heavy (non-hydrogen) atoms. The van der Waals surface area contributed by atoms with Crippen molar-refractivity contribution in [1.29, 1.82) is 0 Å². The average Bonchev–Trinajstić information content (AvgIpc) is 2.48. The van der Waals surface area contributed by atoms with E-state index in [1.165, 1.54) is 23.5 Å². The third-order valence-corrected chi connectivity index (χ3v) is 5.67. The van der Waals surface area contributed by atoms with Gasteiger partial charge in [0.2, 0.25) is 0 Å². The topological polar surface area (TPSA) is 0 Å². The van der Waals surface area contributed by atoms with Crippen molar-refractivity contribution in [3.05, 3.63) is 86.0 Å². The van der Waals surface area contributed by atoms with Crippen molar-refractivity contribution < 1.29 is 21.2 Å². The monoisotopic (exact) mass is 357 g/mol. The third kappa shape index (κ3) is 2.87. The van der Waals surface area contributed by atoms with Gasteiger partial charge in [0.15, 0.2) is 7.14 Å². The maximum Gasteiger partial charge on any atom is 0.357 e. The van der Waals surface area contributed by atoms with Gasteiger partial charge in [-0.05, 0) is 46.7 Å². The molecule has 0 fully saturated rings. The van der Waals surface area contributed by atoms with Crippen molar-refractivity contribution in [2.24, 2.45) is 0 Å². The van der Waals surface area contributed by atoms with E-state index in [9.17, 15) is 0 Å². The van der Waals surface area contributed by atoms with Gasteiger partial charge in [0.05, 0.1) is 0 Å². The van der Waals surface area contributed by atoms with Gasteiger partial charge in [0, 0.05) is 0 Å². The van der Waals surface area contributed by atoms with Crippen LogP contribution in [0, 0.1) is 7.14 Å². The van der Waals surface area contributed by atoms with Gasteiger partial charge < -0.3 is 0 Å². The highest BCUT2D eigenvalue weighted by atomic mass is 127.